The number of benzene rings is 2. The first kappa shape index (κ1) is 21.5. The molecule has 0 aliphatic carbocycles. The molecule has 148 valence electrons. The van der Waals surface area contributed by atoms with Gasteiger partial charge < -0.3 is 4.18 Å². The topological polar surface area (TPSA) is 164 Å². The van der Waals surface area contributed by atoms with Gasteiger partial charge in [0.1, 0.15) is 5.75 Å². The Hall–Kier alpha value is -1.84. The molecule has 0 heterocycles. The summed E-state index contributed by atoms with van der Waals surface area (Å²) in [6.45, 7) is 0. The highest BCUT2D eigenvalue weighted by Gasteiger charge is 2.21. The molecule has 10 nitrogen and oxygen atoms in total. The summed E-state index contributed by atoms with van der Waals surface area (Å²) >= 11 is 0.983. The van der Waals surface area contributed by atoms with Crippen LogP contribution >= 0.6 is 12.0 Å². The second-order valence-electron chi connectivity index (χ2n) is 4.97. The Morgan fingerprint density at radius 2 is 1.41 bits per heavy atom. The molecule has 2 aromatic carbocycles. The minimum atomic E-state index is -4.88. The SMILES string of the molecule is CSOc1cccc(S(=O)(=O)Nc2cc(S(=O)(=O)O)cc(S(=O)(=O)O)c2)c1. The summed E-state index contributed by atoms with van der Waals surface area (Å²) in [5, 5.41) is 0. The fourth-order valence-corrected chi connectivity index (χ4v) is 4.48. The third-order valence-electron chi connectivity index (χ3n) is 3.02. The third kappa shape index (κ3) is 5.57. The summed E-state index contributed by atoms with van der Waals surface area (Å²) in [6, 6.07) is 7.20. The van der Waals surface area contributed by atoms with E-state index in [-0.39, 0.29) is 10.6 Å². The summed E-state index contributed by atoms with van der Waals surface area (Å²) in [4.78, 5) is -2.09. The van der Waals surface area contributed by atoms with Crippen molar-refractivity contribution < 1.29 is 38.5 Å². The standard InChI is InChI=1S/C13H13NO9S4/c1-24-23-10-3-2-4-11(7-10)25(15,16)14-9-5-12(26(17,18)19)8-13(6-9)27(20,21)22/h2-8,14H,1H3,(H,17,18,19)(H,20,21,22). The van der Waals surface area contributed by atoms with E-state index in [0.717, 1.165) is 12.0 Å². The summed E-state index contributed by atoms with van der Waals surface area (Å²) in [5.74, 6) is 0.232. The van der Waals surface area contributed by atoms with Crippen LogP contribution < -0.4 is 8.91 Å². The summed E-state index contributed by atoms with van der Waals surface area (Å²) in [5.41, 5.74) is -0.506. The molecular formula is C13H13NO9S4. The van der Waals surface area contributed by atoms with Gasteiger partial charge in [-0.3, -0.25) is 13.8 Å². The zero-order chi connectivity index (χ0) is 20.5. The van der Waals surface area contributed by atoms with E-state index in [1.54, 1.807) is 6.26 Å². The van der Waals surface area contributed by atoms with Gasteiger partial charge in [-0.15, -0.1) is 0 Å². The highest BCUT2D eigenvalue weighted by Crippen LogP contribution is 2.26. The van der Waals surface area contributed by atoms with Crippen LogP contribution in [0.3, 0.4) is 0 Å². The largest absolute Gasteiger partial charge is 0.426 e. The summed E-state index contributed by atoms with van der Waals surface area (Å²) < 4.78 is 95.5. The molecule has 0 bridgehead atoms. The monoisotopic (exact) mass is 455 g/mol. The van der Waals surface area contributed by atoms with Crippen LogP contribution in [0.5, 0.6) is 5.75 Å². The van der Waals surface area contributed by atoms with Crippen molar-refractivity contribution in [2.24, 2.45) is 0 Å². The average Bonchev–Trinajstić information content (AvgIpc) is 2.53. The normalized spacial score (nSPS) is 12.6. The second kappa shape index (κ2) is 7.65. The quantitative estimate of drug-likeness (QED) is 0.413. The van der Waals surface area contributed by atoms with Crippen LogP contribution in [0.4, 0.5) is 5.69 Å². The van der Waals surface area contributed by atoms with E-state index in [4.69, 9.17) is 13.3 Å². The van der Waals surface area contributed by atoms with Crippen LogP contribution in [-0.2, 0) is 30.3 Å². The Balaban J connectivity index is 2.54. The predicted octanol–water partition coefficient (Wildman–Crippen LogP) is 1.64. The van der Waals surface area contributed by atoms with Crippen molar-refractivity contribution in [3.63, 3.8) is 0 Å². The van der Waals surface area contributed by atoms with E-state index in [1.165, 1.54) is 24.3 Å². The molecule has 0 aromatic heterocycles. The molecule has 0 saturated carbocycles. The molecule has 14 heteroatoms. The molecule has 2 rings (SSSR count). The number of rotatable bonds is 7. The van der Waals surface area contributed by atoms with E-state index >= 15 is 0 Å². The molecule has 0 fully saturated rings. The first-order valence-electron chi connectivity index (χ1n) is 6.76. The zero-order valence-electron chi connectivity index (χ0n) is 13.4. The second-order valence-corrected chi connectivity index (χ2v) is 10.00. The Morgan fingerprint density at radius 1 is 0.852 bits per heavy atom. The Bertz CT molecular complexity index is 1120. The van der Waals surface area contributed by atoms with Gasteiger partial charge in [-0.25, -0.2) is 8.42 Å². The maximum Gasteiger partial charge on any atom is 0.294 e. The summed E-state index contributed by atoms with van der Waals surface area (Å²) in [7, 11) is -14.0. The lowest BCUT2D eigenvalue weighted by Crippen LogP contribution is -2.14. The van der Waals surface area contributed by atoms with Crippen molar-refractivity contribution in [2.45, 2.75) is 14.7 Å². The van der Waals surface area contributed by atoms with E-state index in [0.29, 0.717) is 18.2 Å². The fraction of sp³-hybridized carbons (Fsp3) is 0.0769. The minimum absolute atomic E-state index is 0.232. The minimum Gasteiger partial charge on any atom is -0.426 e. The average molecular weight is 456 g/mol. The van der Waals surface area contributed by atoms with Crippen molar-refractivity contribution in [2.75, 3.05) is 11.0 Å². The van der Waals surface area contributed by atoms with Crippen molar-refractivity contribution >= 4 is 48.0 Å². The number of nitrogens with one attached hydrogen (secondary N) is 1. The molecule has 0 saturated heterocycles. The van der Waals surface area contributed by atoms with Gasteiger partial charge in [0, 0.05) is 12.3 Å². The molecule has 0 spiro atoms. The van der Waals surface area contributed by atoms with Crippen molar-refractivity contribution in [1.82, 2.24) is 0 Å². The molecular weight excluding hydrogens is 442 g/mol. The smallest absolute Gasteiger partial charge is 0.294 e. The molecule has 0 amide bonds. The Kier molecular flexibility index (Phi) is 6.08. The van der Waals surface area contributed by atoms with E-state index in [1.807, 2.05) is 4.72 Å². The van der Waals surface area contributed by atoms with Crippen LogP contribution in [0, 0.1) is 0 Å². The maximum absolute atomic E-state index is 12.5. The number of hydrogen-bond donors (Lipinski definition) is 3. The van der Waals surface area contributed by atoms with Gasteiger partial charge in [0.2, 0.25) is 0 Å². The molecule has 27 heavy (non-hydrogen) atoms. The van der Waals surface area contributed by atoms with Gasteiger partial charge in [-0.05, 0) is 30.3 Å². The zero-order valence-corrected chi connectivity index (χ0v) is 16.7. The number of anilines is 1. The molecule has 3 N–H and O–H groups in total. The third-order valence-corrected chi connectivity index (χ3v) is 6.42. The van der Waals surface area contributed by atoms with Crippen LogP contribution in [0.2, 0.25) is 0 Å². The molecule has 0 radical (unpaired) electrons. The lowest BCUT2D eigenvalue weighted by atomic mass is 10.3. The van der Waals surface area contributed by atoms with Gasteiger partial charge >= 0.3 is 0 Å². The highest BCUT2D eigenvalue weighted by molar-refractivity contribution is 7.94. The maximum atomic E-state index is 12.5. The lowest BCUT2D eigenvalue weighted by Gasteiger charge is -2.11. The van der Waals surface area contributed by atoms with Crippen LogP contribution in [0.25, 0.3) is 0 Å². The van der Waals surface area contributed by atoms with Gasteiger partial charge in [0.15, 0.2) is 0 Å². The molecule has 0 atom stereocenters. The molecule has 2 aromatic rings. The van der Waals surface area contributed by atoms with Gasteiger partial charge in [-0.1, -0.05) is 6.07 Å². The van der Waals surface area contributed by atoms with E-state index in [2.05, 4.69) is 0 Å². The molecule has 0 unspecified atom stereocenters. The van der Waals surface area contributed by atoms with Crippen molar-refractivity contribution in [1.29, 1.82) is 0 Å². The van der Waals surface area contributed by atoms with Crippen LogP contribution in [0.1, 0.15) is 0 Å². The van der Waals surface area contributed by atoms with Gasteiger partial charge in [-0.2, -0.15) is 16.8 Å². The first-order valence-corrected chi connectivity index (χ1v) is 12.3. The van der Waals surface area contributed by atoms with Crippen molar-refractivity contribution in [3.05, 3.63) is 42.5 Å². The molecule has 0 aliphatic rings. The molecule has 0 aliphatic heterocycles. The summed E-state index contributed by atoms with van der Waals surface area (Å²) in [6.07, 6.45) is 1.62. The van der Waals surface area contributed by atoms with Crippen LogP contribution in [0.15, 0.2) is 57.2 Å². The number of sulfonamides is 1. The van der Waals surface area contributed by atoms with E-state index < -0.39 is 45.7 Å². The van der Waals surface area contributed by atoms with Crippen LogP contribution in [-0.4, -0.2) is 40.6 Å². The Labute approximate surface area is 160 Å². The fourth-order valence-electron chi connectivity index (χ4n) is 1.93. The predicted molar refractivity (Wildman–Crippen MR) is 97.5 cm³/mol. The Morgan fingerprint density at radius 3 is 1.89 bits per heavy atom. The van der Waals surface area contributed by atoms with Gasteiger partial charge in [0.25, 0.3) is 30.3 Å². The van der Waals surface area contributed by atoms with E-state index in [9.17, 15) is 25.3 Å². The van der Waals surface area contributed by atoms with Gasteiger partial charge in [0.05, 0.1) is 32.4 Å². The lowest BCUT2D eigenvalue weighted by molar-refractivity contribution is 0.481. The van der Waals surface area contributed by atoms with Crippen molar-refractivity contribution in [3.8, 4) is 5.75 Å². The number of hydrogen-bond acceptors (Lipinski definition) is 8. The highest BCUT2D eigenvalue weighted by atomic mass is 32.2. The first-order chi connectivity index (χ1) is 12.3.